The topological polar surface area (TPSA) is 45.1 Å². The van der Waals surface area contributed by atoms with E-state index in [2.05, 4.69) is 10.3 Å². The third-order valence-corrected chi connectivity index (χ3v) is 2.73. The summed E-state index contributed by atoms with van der Waals surface area (Å²) in [5.74, 6) is -1.31. The molecule has 2 N–H and O–H groups in total. The minimum Gasteiger partial charge on any atom is -0.396 e. The van der Waals surface area contributed by atoms with Crippen LogP contribution in [0.25, 0.3) is 10.9 Å². The van der Waals surface area contributed by atoms with E-state index < -0.39 is 11.6 Å². The predicted octanol–water partition coefficient (Wildman–Crippen LogP) is 2.70. The molecule has 0 spiro atoms. The number of fused-ring (bicyclic) bond motifs is 1. The van der Waals surface area contributed by atoms with Crippen LogP contribution in [-0.2, 0) is 0 Å². The van der Waals surface area contributed by atoms with Crippen LogP contribution in [0.1, 0.15) is 13.3 Å². The Kier molecular flexibility index (Phi) is 3.72. The van der Waals surface area contributed by atoms with E-state index in [1.807, 2.05) is 6.92 Å². The van der Waals surface area contributed by atoms with Crippen molar-refractivity contribution in [3.05, 3.63) is 36.0 Å². The Bertz CT molecular complexity index is 560. The molecule has 2 aromatic rings. The zero-order chi connectivity index (χ0) is 13.1. The van der Waals surface area contributed by atoms with E-state index in [4.69, 9.17) is 5.11 Å². The quantitative estimate of drug-likeness (QED) is 0.879. The molecule has 2 rings (SSSR count). The fourth-order valence-corrected chi connectivity index (χ4v) is 1.84. The van der Waals surface area contributed by atoms with Gasteiger partial charge in [-0.3, -0.25) is 4.98 Å². The maximum Gasteiger partial charge on any atom is 0.152 e. The Labute approximate surface area is 103 Å². The summed E-state index contributed by atoms with van der Waals surface area (Å²) >= 11 is 0. The van der Waals surface area contributed by atoms with E-state index in [1.54, 1.807) is 6.07 Å². The molecular weight excluding hydrogens is 238 g/mol. The lowest BCUT2D eigenvalue weighted by atomic mass is 10.1. The molecular formula is C13H14F2N2O. The predicted molar refractivity (Wildman–Crippen MR) is 66.4 cm³/mol. The summed E-state index contributed by atoms with van der Waals surface area (Å²) in [6, 6.07) is 3.73. The number of nitrogens with zero attached hydrogens (tertiary/aromatic N) is 1. The number of nitrogens with one attached hydrogen (secondary N) is 1. The smallest absolute Gasteiger partial charge is 0.152 e. The van der Waals surface area contributed by atoms with Crippen LogP contribution < -0.4 is 5.32 Å². The van der Waals surface area contributed by atoms with Crippen LogP contribution in [0.15, 0.2) is 24.4 Å². The van der Waals surface area contributed by atoms with Gasteiger partial charge in [-0.2, -0.15) is 0 Å². The highest BCUT2D eigenvalue weighted by molar-refractivity contribution is 5.91. The zero-order valence-corrected chi connectivity index (χ0v) is 9.95. The fourth-order valence-electron chi connectivity index (χ4n) is 1.84. The molecule has 18 heavy (non-hydrogen) atoms. The summed E-state index contributed by atoms with van der Waals surface area (Å²) in [6.07, 6.45) is 2.03. The van der Waals surface area contributed by atoms with E-state index in [1.165, 1.54) is 12.3 Å². The number of benzene rings is 1. The highest BCUT2D eigenvalue weighted by atomic mass is 19.1. The second-order valence-electron chi connectivity index (χ2n) is 4.20. The maximum atomic E-state index is 13.5. The number of rotatable bonds is 4. The van der Waals surface area contributed by atoms with Gasteiger partial charge in [-0.05, 0) is 25.5 Å². The van der Waals surface area contributed by atoms with E-state index in [-0.39, 0.29) is 18.2 Å². The van der Waals surface area contributed by atoms with Crippen molar-refractivity contribution in [2.75, 3.05) is 11.9 Å². The van der Waals surface area contributed by atoms with Crippen LogP contribution >= 0.6 is 0 Å². The van der Waals surface area contributed by atoms with Gasteiger partial charge in [-0.25, -0.2) is 8.78 Å². The summed E-state index contributed by atoms with van der Waals surface area (Å²) < 4.78 is 26.8. The molecule has 1 aromatic carbocycles. The van der Waals surface area contributed by atoms with Gasteiger partial charge in [0, 0.05) is 36.0 Å². The third kappa shape index (κ3) is 2.56. The van der Waals surface area contributed by atoms with Gasteiger partial charge in [0.25, 0.3) is 0 Å². The average molecular weight is 252 g/mol. The monoisotopic (exact) mass is 252 g/mol. The summed E-state index contributed by atoms with van der Waals surface area (Å²) in [5, 5.41) is 12.4. The first-order valence-corrected chi connectivity index (χ1v) is 5.73. The molecule has 0 aliphatic rings. The Morgan fingerprint density at radius 1 is 1.39 bits per heavy atom. The molecule has 0 saturated heterocycles. The van der Waals surface area contributed by atoms with Gasteiger partial charge in [0.2, 0.25) is 0 Å². The molecule has 0 radical (unpaired) electrons. The van der Waals surface area contributed by atoms with Crippen molar-refractivity contribution in [2.45, 2.75) is 19.4 Å². The normalized spacial score (nSPS) is 12.7. The number of hydrogen-bond acceptors (Lipinski definition) is 3. The fraction of sp³-hybridized carbons (Fsp3) is 0.308. The summed E-state index contributed by atoms with van der Waals surface area (Å²) in [7, 11) is 0. The summed E-state index contributed by atoms with van der Waals surface area (Å²) in [6.45, 7) is 1.94. The first kappa shape index (κ1) is 12.7. The summed E-state index contributed by atoms with van der Waals surface area (Å²) in [4.78, 5) is 3.90. The van der Waals surface area contributed by atoms with Crippen LogP contribution in [0.4, 0.5) is 14.5 Å². The van der Waals surface area contributed by atoms with Crippen LogP contribution in [0.2, 0.25) is 0 Å². The molecule has 96 valence electrons. The minimum absolute atomic E-state index is 0.00642. The van der Waals surface area contributed by atoms with Crippen molar-refractivity contribution in [3.8, 4) is 0 Å². The molecule has 0 saturated carbocycles. The first-order valence-electron chi connectivity index (χ1n) is 5.73. The Hall–Kier alpha value is -1.75. The van der Waals surface area contributed by atoms with Crippen molar-refractivity contribution in [1.29, 1.82) is 0 Å². The van der Waals surface area contributed by atoms with Gasteiger partial charge in [-0.15, -0.1) is 0 Å². The molecule has 1 atom stereocenters. The number of aliphatic hydroxyl groups is 1. The molecule has 1 aromatic heterocycles. The lowest BCUT2D eigenvalue weighted by Crippen LogP contribution is -2.16. The van der Waals surface area contributed by atoms with E-state index in [0.29, 0.717) is 17.5 Å². The number of pyridine rings is 1. The summed E-state index contributed by atoms with van der Waals surface area (Å²) in [5.41, 5.74) is 0.747. The van der Waals surface area contributed by atoms with Crippen molar-refractivity contribution < 1.29 is 13.9 Å². The Morgan fingerprint density at radius 2 is 2.17 bits per heavy atom. The molecule has 0 aliphatic carbocycles. The van der Waals surface area contributed by atoms with Crippen LogP contribution in [0, 0.1) is 11.6 Å². The molecule has 0 amide bonds. The van der Waals surface area contributed by atoms with E-state index in [0.717, 1.165) is 6.07 Å². The van der Waals surface area contributed by atoms with Gasteiger partial charge in [-0.1, -0.05) is 0 Å². The second kappa shape index (κ2) is 5.27. The SMILES string of the molecule is CC(CCO)Nc1ccnc2c(F)cc(F)cc12. The van der Waals surface area contributed by atoms with Crippen LogP contribution in [-0.4, -0.2) is 22.7 Å². The number of halogens is 2. The number of aliphatic hydroxyl groups excluding tert-OH is 1. The van der Waals surface area contributed by atoms with Crippen molar-refractivity contribution >= 4 is 16.6 Å². The van der Waals surface area contributed by atoms with E-state index >= 15 is 0 Å². The maximum absolute atomic E-state index is 13.5. The van der Waals surface area contributed by atoms with Crippen molar-refractivity contribution in [2.24, 2.45) is 0 Å². The molecule has 0 aliphatic heterocycles. The Morgan fingerprint density at radius 3 is 2.89 bits per heavy atom. The molecule has 0 bridgehead atoms. The van der Waals surface area contributed by atoms with Crippen molar-refractivity contribution in [1.82, 2.24) is 4.98 Å². The molecule has 0 fully saturated rings. The second-order valence-corrected chi connectivity index (χ2v) is 4.20. The first-order chi connectivity index (χ1) is 8.61. The lowest BCUT2D eigenvalue weighted by molar-refractivity contribution is 0.282. The number of aromatic nitrogens is 1. The highest BCUT2D eigenvalue weighted by Crippen LogP contribution is 2.25. The molecule has 5 heteroatoms. The van der Waals surface area contributed by atoms with Gasteiger partial charge in [0.15, 0.2) is 5.82 Å². The van der Waals surface area contributed by atoms with Crippen molar-refractivity contribution in [3.63, 3.8) is 0 Å². The molecule has 1 heterocycles. The lowest BCUT2D eigenvalue weighted by Gasteiger charge is -2.15. The number of anilines is 1. The van der Waals surface area contributed by atoms with Crippen LogP contribution in [0.3, 0.4) is 0 Å². The standard InChI is InChI=1S/C13H14F2N2O/c1-8(3-5-18)17-12-2-4-16-13-10(12)6-9(14)7-11(13)15/h2,4,6-8,18H,3,5H2,1H3,(H,16,17). The minimum atomic E-state index is -0.677. The largest absolute Gasteiger partial charge is 0.396 e. The van der Waals surface area contributed by atoms with E-state index in [9.17, 15) is 8.78 Å². The van der Waals surface area contributed by atoms with Gasteiger partial charge >= 0.3 is 0 Å². The Balaban J connectivity index is 2.44. The van der Waals surface area contributed by atoms with Gasteiger partial charge in [0.1, 0.15) is 11.3 Å². The van der Waals surface area contributed by atoms with Gasteiger partial charge in [0.05, 0.1) is 0 Å². The molecule has 1 unspecified atom stereocenters. The van der Waals surface area contributed by atoms with Crippen LogP contribution in [0.5, 0.6) is 0 Å². The average Bonchev–Trinajstić information content (AvgIpc) is 2.30. The molecule has 3 nitrogen and oxygen atoms in total. The van der Waals surface area contributed by atoms with Gasteiger partial charge < -0.3 is 10.4 Å². The zero-order valence-electron chi connectivity index (χ0n) is 9.95. The third-order valence-electron chi connectivity index (χ3n) is 2.73. The number of hydrogen-bond donors (Lipinski definition) is 2. The highest BCUT2D eigenvalue weighted by Gasteiger charge is 2.10.